The van der Waals surface area contributed by atoms with E-state index in [-0.39, 0.29) is 11.2 Å². The summed E-state index contributed by atoms with van der Waals surface area (Å²) in [5, 5.41) is 0.193. The SMILES string of the molecule is Cc1cc2c3c(c1)C(=O)N(C)c1cnc(Cl)nc1N3CC2. The zero-order valence-corrected chi connectivity index (χ0v) is 12.5. The van der Waals surface area contributed by atoms with Crippen molar-refractivity contribution in [3.8, 4) is 0 Å². The lowest BCUT2D eigenvalue weighted by molar-refractivity contribution is 0.0994. The van der Waals surface area contributed by atoms with Gasteiger partial charge in [-0.3, -0.25) is 4.79 Å². The molecule has 1 aromatic carbocycles. The van der Waals surface area contributed by atoms with E-state index in [1.165, 1.54) is 5.56 Å². The molecule has 106 valence electrons. The van der Waals surface area contributed by atoms with E-state index in [1.54, 1.807) is 18.1 Å². The maximum Gasteiger partial charge on any atom is 0.260 e. The summed E-state index contributed by atoms with van der Waals surface area (Å²) in [6.07, 6.45) is 2.52. The maximum absolute atomic E-state index is 12.8. The van der Waals surface area contributed by atoms with E-state index >= 15 is 0 Å². The van der Waals surface area contributed by atoms with Crippen LogP contribution in [-0.2, 0) is 6.42 Å². The fourth-order valence-electron chi connectivity index (χ4n) is 3.15. The Balaban J connectivity index is 2.07. The zero-order valence-electron chi connectivity index (χ0n) is 11.7. The average molecular weight is 301 g/mol. The highest BCUT2D eigenvalue weighted by molar-refractivity contribution is 6.28. The van der Waals surface area contributed by atoms with Gasteiger partial charge in [0.15, 0.2) is 5.82 Å². The molecule has 0 bridgehead atoms. The molecule has 4 rings (SSSR count). The van der Waals surface area contributed by atoms with E-state index in [2.05, 4.69) is 20.9 Å². The minimum atomic E-state index is -0.0356. The number of halogens is 1. The lowest BCUT2D eigenvalue weighted by Gasteiger charge is -2.20. The van der Waals surface area contributed by atoms with Crippen LogP contribution in [0, 0.1) is 6.92 Å². The van der Waals surface area contributed by atoms with Crippen molar-refractivity contribution in [2.24, 2.45) is 0 Å². The van der Waals surface area contributed by atoms with Gasteiger partial charge in [0.25, 0.3) is 5.91 Å². The van der Waals surface area contributed by atoms with Crippen LogP contribution in [0.15, 0.2) is 18.3 Å². The number of amides is 1. The van der Waals surface area contributed by atoms with Crippen LogP contribution >= 0.6 is 11.6 Å². The third kappa shape index (κ3) is 1.67. The van der Waals surface area contributed by atoms with Gasteiger partial charge in [0, 0.05) is 13.6 Å². The van der Waals surface area contributed by atoms with Crippen LogP contribution in [0.5, 0.6) is 0 Å². The zero-order chi connectivity index (χ0) is 14.7. The first-order valence-corrected chi connectivity index (χ1v) is 7.15. The summed E-state index contributed by atoms with van der Waals surface area (Å²) in [6, 6.07) is 4.08. The monoisotopic (exact) mass is 300 g/mol. The van der Waals surface area contributed by atoms with Gasteiger partial charge in [-0.05, 0) is 42.1 Å². The summed E-state index contributed by atoms with van der Waals surface area (Å²) < 4.78 is 0. The van der Waals surface area contributed by atoms with Gasteiger partial charge in [-0.1, -0.05) is 6.07 Å². The normalized spacial score (nSPS) is 15.9. The molecule has 0 aliphatic carbocycles. The minimum Gasteiger partial charge on any atom is -0.323 e. The van der Waals surface area contributed by atoms with Crippen molar-refractivity contribution in [1.29, 1.82) is 0 Å². The first kappa shape index (κ1) is 12.6. The summed E-state index contributed by atoms with van der Waals surface area (Å²) >= 11 is 5.95. The largest absolute Gasteiger partial charge is 0.323 e. The fraction of sp³-hybridized carbons (Fsp3) is 0.267. The van der Waals surface area contributed by atoms with Gasteiger partial charge >= 0.3 is 0 Å². The van der Waals surface area contributed by atoms with Crippen molar-refractivity contribution in [3.63, 3.8) is 0 Å². The Morgan fingerprint density at radius 2 is 2.14 bits per heavy atom. The van der Waals surface area contributed by atoms with Crippen molar-refractivity contribution in [3.05, 3.63) is 40.3 Å². The van der Waals surface area contributed by atoms with Gasteiger partial charge in [-0.15, -0.1) is 0 Å². The topological polar surface area (TPSA) is 49.3 Å². The van der Waals surface area contributed by atoms with E-state index in [1.807, 2.05) is 13.0 Å². The van der Waals surface area contributed by atoms with Crippen molar-refractivity contribution in [2.45, 2.75) is 13.3 Å². The van der Waals surface area contributed by atoms with Crippen molar-refractivity contribution in [1.82, 2.24) is 9.97 Å². The van der Waals surface area contributed by atoms with Gasteiger partial charge < -0.3 is 9.80 Å². The van der Waals surface area contributed by atoms with Crippen molar-refractivity contribution >= 4 is 34.7 Å². The number of nitrogens with zero attached hydrogens (tertiary/aromatic N) is 4. The van der Waals surface area contributed by atoms with Crippen LogP contribution in [0.1, 0.15) is 21.5 Å². The molecule has 2 aromatic rings. The molecule has 0 atom stereocenters. The predicted molar refractivity (Wildman–Crippen MR) is 81.7 cm³/mol. The Labute approximate surface area is 127 Å². The van der Waals surface area contributed by atoms with E-state index in [0.29, 0.717) is 11.5 Å². The highest BCUT2D eigenvalue weighted by Gasteiger charge is 2.35. The highest BCUT2D eigenvalue weighted by atomic mass is 35.5. The number of carbonyl (C=O) groups excluding carboxylic acids is 1. The number of anilines is 3. The molecule has 2 aliphatic rings. The van der Waals surface area contributed by atoms with Crippen molar-refractivity contribution in [2.75, 3.05) is 23.4 Å². The van der Waals surface area contributed by atoms with Crippen molar-refractivity contribution < 1.29 is 4.79 Å². The number of hydrogen-bond donors (Lipinski definition) is 0. The van der Waals surface area contributed by atoms with E-state index in [0.717, 1.165) is 29.8 Å². The quantitative estimate of drug-likeness (QED) is 0.702. The molecular weight excluding hydrogens is 288 g/mol. The lowest BCUT2D eigenvalue weighted by atomic mass is 10.0. The molecule has 2 aliphatic heterocycles. The first-order valence-electron chi connectivity index (χ1n) is 6.78. The molecule has 0 unspecified atom stereocenters. The number of benzene rings is 1. The molecule has 21 heavy (non-hydrogen) atoms. The molecule has 0 fully saturated rings. The molecule has 6 heteroatoms. The molecule has 0 spiro atoms. The third-order valence-electron chi connectivity index (χ3n) is 4.08. The van der Waals surface area contributed by atoms with Crippen LogP contribution < -0.4 is 9.80 Å². The van der Waals surface area contributed by atoms with E-state index in [4.69, 9.17) is 11.6 Å². The molecular formula is C15H13ClN4O. The molecule has 0 radical (unpaired) electrons. The summed E-state index contributed by atoms with van der Waals surface area (Å²) in [7, 11) is 1.75. The standard InChI is InChI=1S/C15H13ClN4O/c1-8-5-9-3-4-20-12(9)10(6-8)14(21)19(2)11-7-17-15(16)18-13(11)20/h5-7H,3-4H2,1-2H3. The second-order valence-corrected chi connectivity index (χ2v) is 5.77. The summed E-state index contributed by atoms with van der Waals surface area (Å²) in [4.78, 5) is 24.8. The van der Waals surface area contributed by atoms with Gasteiger partial charge in [-0.25, -0.2) is 4.98 Å². The number of rotatable bonds is 0. The van der Waals surface area contributed by atoms with Crippen LogP contribution in [0.4, 0.5) is 17.2 Å². The molecule has 0 saturated heterocycles. The Morgan fingerprint density at radius 1 is 1.33 bits per heavy atom. The van der Waals surface area contributed by atoms with Crippen LogP contribution in [-0.4, -0.2) is 29.5 Å². The molecule has 0 N–H and O–H groups in total. The lowest BCUT2D eigenvalue weighted by Crippen LogP contribution is -2.26. The smallest absolute Gasteiger partial charge is 0.260 e. The number of hydrogen-bond acceptors (Lipinski definition) is 4. The Bertz CT molecular complexity index is 789. The predicted octanol–water partition coefficient (Wildman–Crippen LogP) is 2.72. The summed E-state index contributed by atoms with van der Waals surface area (Å²) in [6.45, 7) is 2.81. The van der Waals surface area contributed by atoms with Gasteiger partial charge in [0.05, 0.1) is 17.4 Å². The molecule has 1 amide bonds. The summed E-state index contributed by atoms with van der Waals surface area (Å²) in [5.74, 6) is 0.665. The van der Waals surface area contributed by atoms with Gasteiger partial charge in [0.1, 0.15) is 5.69 Å². The second kappa shape index (κ2) is 4.18. The number of aryl methyl sites for hydroxylation is 1. The number of fused-ring (bicyclic) bond motifs is 2. The average Bonchev–Trinajstić information content (AvgIpc) is 2.85. The van der Waals surface area contributed by atoms with E-state index in [9.17, 15) is 4.79 Å². The summed E-state index contributed by atoms with van der Waals surface area (Å²) in [5.41, 5.74) is 4.66. The Morgan fingerprint density at radius 3 is 2.95 bits per heavy atom. The number of aromatic nitrogens is 2. The van der Waals surface area contributed by atoms with Crippen LogP contribution in [0.3, 0.4) is 0 Å². The van der Waals surface area contributed by atoms with Gasteiger partial charge in [-0.2, -0.15) is 4.98 Å². The van der Waals surface area contributed by atoms with Gasteiger partial charge in [0.2, 0.25) is 5.28 Å². The fourth-order valence-corrected chi connectivity index (χ4v) is 3.28. The third-order valence-corrected chi connectivity index (χ3v) is 4.26. The second-order valence-electron chi connectivity index (χ2n) is 5.43. The first-order chi connectivity index (χ1) is 10.1. The molecule has 1 aromatic heterocycles. The Hall–Kier alpha value is -2.14. The highest BCUT2D eigenvalue weighted by Crippen LogP contribution is 2.44. The molecule has 0 saturated carbocycles. The maximum atomic E-state index is 12.8. The van der Waals surface area contributed by atoms with E-state index < -0.39 is 0 Å². The number of carbonyl (C=O) groups is 1. The van der Waals surface area contributed by atoms with Crippen LogP contribution in [0.2, 0.25) is 5.28 Å². The minimum absolute atomic E-state index is 0.0356. The molecule has 3 heterocycles. The molecule has 5 nitrogen and oxygen atoms in total. The van der Waals surface area contributed by atoms with Crippen LogP contribution in [0.25, 0.3) is 0 Å². The Kier molecular flexibility index (Phi) is 2.50.